The van der Waals surface area contributed by atoms with E-state index in [0.29, 0.717) is 16.2 Å². The fraction of sp³-hybridized carbons (Fsp3) is 0.343. The summed E-state index contributed by atoms with van der Waals surface area (Å²) in [5, 5.41) is 5.59. The Morgan fingerprint density at radius 1 is 0.507 bits per heavy atom. The van der Waals surface area contributed by atoms with Crippen molar-refractivity contribution in [1.29, 1.82) is 0 Å². The van der Waals surface area contributed by atoms with Gasteiger partial charge < -0.3 is 18.9 Å². The van der Waals surface area contributed by atoms with Crippen LogP contribution in [0.2, 0.25) is 0 Å². The van der Waals surface area contributed by atoms with Crippen LogP contribution in [0.25, 0.3) is 54.8 Å². The van der Waals surface area contributed by atoms with Gasteiger partial charge in [-0.05, 0) is 237 Å². The minimum atomic E-state index is -0.125. The molecule has 11 aliphatic rings. The summed E-state index contributed by atoms with van der Waals surface area (Å²) in [5.41, 5.74) is 20.7. The van der Waals surface area contributed by atoms with Crippen LogP contribution in [0.4, 0.5) is 17.1 Å². The van der Waals surface area contributed by atoms with Crippen LogP contribution in [-0.2, 0) is 16.2 Å². The summed E-state index contributed by atoms with van der Waals surface area (Å²) in [4.78, 5) is 2.63. The van der Waals surface area contributed by atoms with E-state index in [1.807, 2.05) is 24.3 Å². The molecule has 0 amide bonds. The number of para-hydroxylation sites is 2. The van der Waals surface area contributed by atoms with Gasteiger partial charge in [0.1, 0.15) is 0 Å². The van der Waals surface area contributed by atoms with Crippen LogP contribution >= 0.6 is 0 Å². The Hall–Kier alpha value is -6.72. The standard InChI is InChI=1S/C70H59BN2O2/c1-66(2,3)40-17-19-55(50(26-40)38-11-5-4-6-12-38)72-57-31-62-61(74-59-15-9-10-16-60(59)75-62)30-54(57)71-64-58(72)21-39-13-7-8-14-49(39)63(64)53-29-42(68-34-47-24-44-25-48(35-68)70(44,47)37-68)28-52-51-27-41(18-20-56(51)73(71)65(52)53)67-32-45-22-43-23-46(33-67)69(43,45)36-67/h4-21,26-31,43-48H,22-25,32-37H2,1-3H3. The summed E-state index contributed by atoms with van der Waals surface area (Å²) in [7, 11) is 0. The van der Waals surface area contributed by atoms with E-state index in [9.17, 15) is 0 Å². The van der Waals surface area contributed by atoms with E-state index in [1.165, 1.54) is 147 Å². The third kappa shape index (κ3) is 4.54. The second kappa shape index (κ2) is 12.7. The molecular formula is C70H59BN2O2. The number of hydrogen-bond acceptors (Lipinski definition) is 3. The van der Waals surface area contributed by atoms with E-state index in [-0.39, 0.29) is 17.7 Å². The molecule has 9 aromatic rings. The molecule has 3 aliphatic heterocycles. The number of benzene rings is 8. The average Bonchev–Trinajstić information content (AvgIpc) is 4.39. The summed E-state index contributed by atoms with van der Waals surface area (Å²) in [6.45, 7) is 6.89. The Kier molecular flexibility index (Phi) is 6.90. The maximum atomic E-state index is 6.96. The van der Waals surface area contributed by atoms with Gasteiger partial charge in [-0.25, -0.2) is 0 Å². The van der Waals surface area contributed by atoms with Gasteiger partial charge in [0.15, 0.2) is 23.0 Å². The van der Waals surface area contributed by atoms with Gasteiger partial charge in [0.05, 0.1) is 5.69 Å². The molecule has 5 heteroatoms. The van der Waals surface area contributed by atoms with Crippen molar-refractivity contribution in [3.8, 4) is 45.3 Å². The molecule has 364 valence electrons. The molecule has 8 aromatic carbocycles. The molecule has 75 heavy (non-hydrogen) atoms. The first-order chi connectivity index (χ1) is 36.6. The van der Waals surface area contributed by atoms with E-state index >= 15 is 0 Å². The molecule has 2 spiro atoms. The van der Waals surface area contributed by atoms with Crippen molar-refractivity contribution in [1.82, 2.24) is 4.48 Å². The van der Waals surface area contributed by atoms with Gasteiger partial charge >= 0.3 is 6.85 Å². The Labute approximate surface area is 439 Å². The molecule has 8 fully saturated rings. The number of nitrogens with zero attached hydrogens (tertiary/aromatic N) is 2. The molecular weight excluding hydrogens is 912 g/mol. The lowest BCUT2D eigenvalue weighted by atomic mass is 9.38. The maximum Gasteiger partial charge on any atom is 0.333 e. The largest absolute Gasteiger partial charge is 0.450 e. The number of fused-ring (bicyclic) bond motifs is 13. The Bertz CT molecular complexity index is 4140. The van der Waals surface area contributed by atoms with Gasteiger partial charge in [-0.3, -0.25) is 0 Å². The zero-order chi connectivity index (χ0) is 48.9. The van der Waals surface area contributed by atoms with Crippen LogP contribution in [0.5, 0.6) is 23.0 Å². The average molecular weight is 971 g/mol. The van der Waals surface area contributed by atoms with Crippen molar-refractivity contribution >= 4 is 67.4 Å². The van der Waals surface area contributed by atoms with Crippen LogP contribution in [0.1, 0.15) is 102 Å². The molecule has 4 bridgehead atoms. The molecule has 8 saturated carbocycles. The first kappa shape index (κ1) is 40.6. The van der Waals surface area contributed by atoms with E-state index in [2.05, 4.69) is 151 Å². The van der Waals surface area contributed by atoms with Crippen LogP contribution in [0, 0.1) is 46.3 Å². The molecule has 20 rings (SSSR count). The predicted molar refractivity (Wildman–Crippen MR) is 304 cm³/mol. The molecule has 4 heterocycles. The monoisotopic (exact) mass is 970 g/mol. The first-order valence-corrected chi connectivity index (χ1v) is 28.9. The van der Waals surface area contributed by atoms with Gasteiger partial charge in [-0.2, -0.15) is 0 Å². The fourth-order valence-electron chi connectivity index (χ4n) is 21.1. The second-order valence-corrected chi connectivity index (χ2v) is 27.6. The van der Waals surface area contributed by atoms with E-state index in [0.717, 1.165) is 64.2 Å². The maximum absolute atomic E-state index is 6.96. The van der Waals surface area contributed by atoms with Crippen molar-refractivity contribution in [2.75, 3.05) is 4.90 Å². The number of anilines is 3. The summed E-state index contributed by atoms with van der Waals surface area (Å²) in [6.07, 6.45) is 14.3. The second-order valence-electron chi connectivity index (χ2n) is 27.6. The lowest BCUT2D eigenvalue weighted by Gasteiger charge is -2.66. The Balaban J connectivity index is 0.908. The molecule has 0 radical (unpaired) electrons. The SMILES string of the molecule is CC(C)(C)c1ccc(N2c3cc4c(cc3B3c5c2cc2ccccc2c5-c2cc(C56CC7CC8CC(C5)C87C6)cc5c6cc(C78CC9CC%10CC(C7)C%109C8)ccc6n3c25)Oc2ccccc2O4)c(-c2ccccc2)c1. The van der Waals surface area contributed by atoms with E-state index < -0.39 is 0 Å². The highest BCUT2D eigenvalue weighted by Crippen LogP contribution is 2.86. The lowest BCUT2D eigenvalue weighted by molar-refractivity contribution is -0.175. The predicted octanol–water partition coefficient (Wildman–Crippen LogP) is 16.4. The van der Waals surface area contributed by atoms with Crippen molar-refractivity contribution < 1.29 is 9.47 Å². The van der Waals surface area contributed by atoms with Crippen LogP contribution in [0.3, 0.4) is 0 Å². The smallest absolute Gasteiger partial charge is 0.333 e. The van der Waals surface area contributed by atoms with Crippen LogP contribution < -0.4 is 25.3 Å². The first-order valence-electron chi connectivity index (χ1n) is 28.9. The summed E-state index contributed by atoms with van der Waals surface area (Å²) in [5.74, 6) is 8.74. The molecule has 4 atom stereocenters. The molecule has 8 aliphatic carbocycles. The summed E-state index contributed by atoms with van der Waals surface area (Å²) >= 11 is 0. The van der Waals surface area contributed by atoms with Gasteiger partial charge in [-0.1, -0.05) is 99.6 Å². The number of hydrogen-bond donors (Lipinski definition) is 0. The number of rotatable bonds is 4. The number of ether oxygens (including phenoxy) is 2. The summed E-state index contributed by atoms with van der Waals surface area (Å²) in [6, 6.07) is 56.7. The lowest BCUT2D eigenvalue weighted by Crippen LogP contribution is -2.59. The highest BCUT2D eigenvalue weighted by molar-refractivity contribution is 6.90. The third-order valence-electron chi connectivity index (χ3n) is 24.0. The minimum Gasteiger partial charge on any atom is -0.450 e. The molecule has 0 saturated heterocycles. The molecule has 1 aromatic heterocycles. The highest BCUT2D eigenvalue weighted by Gasteiger charge is 2.78. The van der Waals surface area contributed by atoms with E-state index in [4.69, 9.17) is 9.47 Å². The molecule has 0 N–H and O–H groups in total. The van der Waals surface area contributed by atoms with Crippen molar-refractivity contribution in [3.63, 3.8) is 0 Å². The Morgan fingerprint density at radius 2 is 1.15 bits per heavy atom. The zero-order valence-electron chi connectivity index (χ0n) is 43.2. The van der Waals surface area contributed by atoms with Crippen molar-refractivity contribution in [2.24, 2.45) is 46.3 Å². The quantitative estimate of drug-likeness (QED) is 0.164. The Morgan fingerprint density at radius 3 is 1.83 bits per heavy atom. The highest BCUT2D eigenvalue weighted by atomic mass is 16.6. The molecule has 4 nitrogen and oxygen atoms in total. The van der Waals surface area contributed by atoms with Crippen LogP contribution in [-0.4, -0.2) is 11.3 Å². The van der Waals surface area contributed by atoms with Crippen molar-refractivity contribution in [3.05, 3.63) is 162 Å². The third-order valence-corrected chi connectivity index (χ3v) is 24.0. The fourth-order valence-corrected chi connectivity index (χ4v) is 21.1. The van der Waals surface area contributed by atoms with E-state index in [1.54, 1.807) is 11.1 Å². The van der Waals surface area contributed by atoms with Gasteiger partial charge in [0.25, 0.3) is 0 Å². The van der Waals surface area contributed by atoms with Gasteiger partial charge in [0.2, 0.25) is 0 Å². The molecule has 4 unspecified atom stereocenters. The summed E-state index contributed by atoms with van der Waals surface area (Å²) < 4.78 is 16.7. The normalized spacial score (nSPS) is 32.3. The van der Waals surface area contributed by atoms with Gasteiger partial charge in [0, 0.05) is 50.4 Å². The minimum absolute atomic E-state index is 0.0386. The zero-order valence-corrected chi connectivity index (χ0v) is 43.2. The van der Waals surface area contributed by atoms with Crippen molar-refractivity contribution in [2.45, 2.75) is 101 Å². The topological polar surface area (TPSA) is 26.6 Å². The van der Waals surface area contributed by atoms with Gasteiger partial charge in [-0.15, -0.1) is 0 Å². The van der Waals surface area contributed by atoms with Crippen LogP contribution in [0.15, 0.2) is 146 Å². The number of aromatic nitrogens is 1.